The third kappa shape index (κ3) is 1.94. The SMILES string of the molecule is C=C1CC(C)(C)C=C(c2ncccn2)C1=O. The summed E-state index contributed by atoms with van der Waals surface area (Å²) in [5, 5.41) is 0. The maximum atomic E-state index is 12.0. The van der Waals surface area contributed by atoms with Crippen molar-refractivity contribution in [1.29, 1.82) is 0 Å². The minimum Gasteiger partial charge on any atom is -0.289 e. The summed E-state index contributed by atoms with van der Waals surface area (Å²) in [5.41, 5.74) is 1.15. The summed E-state index contributed by atoms with van der Waals surface area (Å²) >= 11 is 0. The van der Waals surface area contributed by atoms with Crippen molar-refractivity contribution < 1.29 is 4.79 Å². The third-order valence-electron chi connectivity index (χ3n) is 2.58. The second-order valence-corrected chi connectivity index (χ2v) is 4.73. The summed E-state index contributed by atoms with van der Waals surface area (Å²) in [6.45, 7) is 7.97. The van der Waals surface area contributed by atoms with Gasteiger partial charge in [-0.05, 0) is 23.5 Å². The van der Waals surface area contributed by atoms with Crippen LogP contribution in [0.1, 0.15) is 26.1 Å². The molecule has 0 amide bonds. The van der Waals surface area contributed by atoms with Crippen LogP contribution in [0.4, 0.5) is 0 Å². The Hall–Kier alpha value is -1.77. The molecule has 1 aromatic rings. The smallest absolute Gasteiger partial charge is 0.191 e. The molecule has 16 heavy (non-hydrogen) atoms. The van der Waals surface area contributed by atoms with Gasteiger partial charge in [-0.3, -0.25) is 4.79 Å². The molecule has 0 radical (unpaired) electrons. The van der Waals surface area contributed by atoms with Gasteiger partial charge < -0.3 is 0 Å². The van der Waals surface area contributed by atoms with Crippen molar-refractivity contribution >= 4 is 11.4 Å². The topological polar surface area (TPSA) is 42.9 Å². The Morgan fingerprint density at radius 2 is 1.94 bits per heavy atom. The summed E-state index contributed by atoms with van der Waals surface area (Å²) in [6.07, 6.45) is 5.92. The molecule has 0 saturated heterocycles. The summed E-state index contributed by atoms with van der Waals surface area (Å²) in [4.78, 5) is 20.2. The number of carbonyl (C=O) groups is 1. The molecular formula is C13H14N2O. The van der Waals surface area contributed by atoms with Gasteiger partial charge in [-0.15, -0.1) is 0 Å². The van der Waals surface area contributed by atoms with Crippen molar-refractivity contribution in [3.63, 3.8) is 0 Å². The normalized spacial score (nSPS) is 19.5. The number of hydrogen-bond donors (Lipinski definition) is 0. The van der Waals surface area contributed by atoms with Gasteiger partial charge in [0.2, 0.25) is 0 Å². The number of Topliss-reactive ketones (excluding diaryl/α,β-unsaturated/α-hetero) is 1. The van der Waals surface area contributed by atoms with E-state index in [0.29, 0.717) is 23.4 Å². The highest BCUT2D eigenvalue weighted by Gasteiger charge is 2.30. The van der Waals surface area contributed by atoms with Crippen LogP contribution < -0.4 is 0 Å². The van der Waals surface area contributed by atoms with Gasteiger partial charge in [-0.1, -0.05) is 26.5 Å². The zero-order chi connectivity index (χ0) is 11.8. The van der Waals surface area contributed by atoms with E-state index in [2.05, 4.69) is 30.4 Å². The fraction of sp³-hybridized carbons (Fsp3) is 0.308. The number of rotatable bonds is 1. The molecule has 82 valence electrons. The lowest BCUT2D eigenvalue weighted by Crippen LogP contribution is -2.22. The molecular weight excluding hydrogens is 200 g/mol. The van der Waals surface area contributed by atoms with Crippen molar-refractivity contribution in [3.8, 4) is 0 Å². The highest BCUT2D eigenvalue weighted by molar-refractivity contribution is 6.28. The number of carbonyl (C=O) groups excluding carboxylic acids is 1. The van der Waals surface area contributed by atoms with Crippen LogP contribution in [-0.2, 0) is 4.79 Å². The van der Waals surface area contributed by atoms with Crippen LogP contribution >= 0.6 is 0 Å². The Labute approximate surface area is 94.9 Å². The van der Waals surface area contributed by atoms with E-state index in [-0.39, 0.29) is 11.2 Å². The molecule has 0 unspecified atom stereocenters. The van der Waals surface area contributed by atoms with Crippen molar-refractivity contribution in [1.82, 2.24) is 9.97 Å². The average Bonchev–Trinajstić information content (AvgIpc) is 2.24. The van der Waals surface area contributed by atoms with Gasteiger partial charge in [-0.2, -0.15) is 0 Å². The fourth-order valence-corrected chi connectivity index (χ4v) is 1.93. The lowest BCUT2D eigenvalue weighted by Gasteiger charge is -2.27. The minimum atomic E-state index is -0.0560. The molecule has 1 aliphatic carbocycles. The lowest BCUT2D eigenvalue weighted by atomic mass is 9.76. The highest BCUT2D eigenvalue weighted by atomic mass is 16.1. The zero-order valence-electron chi connectivity index (χ0n) is 9.53. The number of nitrogens with zero attached hydrogens (tertiary/aromatic N) is 2. The Morgan fingerprint density at radius 1 is 1.31 bits per heavy atom. The summed E-state index contributed by atoms with van der Waals surface area (Å²) in [5.74, 6) is 0.451. The van der Waals surface area contributed by atoms with Crippen LogP contribution in [0, 0.1) is 5.41 Å². The first kappa shape index (κ1) is 10.7. The summed E-state index contributed by atoms with van der Waals surface area (Å²) in [6, 6.07) is 1.73. The molecule has 0 saturated carbocycles. The van der Waals surface area contributed by atoms with E-state index in [1.807, 2.05) is 6.08 Å². The molecule has 0 atom stereocenters. The Kier molecular flexibility index (Phi) is 2.46. The Balaban J connectivity index is 2.51. The molecule has 0 aliphatic heterocycles. The zero-order valence-corrected chi connectivity index (χ0v) is 9.53. The van der Waals surface area contributed by atoms with Gasteiger partial charge in [0, 0.05) is 12.4 Å². The highest BCUT2D eigenvalue weighted by Crippen LogP contribution is 2.36. The van der Waals surface area contributed by atoms with E-state index in [1.54, 1.807) is 18.5 Å². The van der Waals surface area contributed by atoms with Crippen molar-refractivity contribution in [2.45, 2.75) is 20.3 Å². The van der Waals surface area contributed by atoms with Crippen molar-refractivity contribution in [2.24, 2.45) is 5.41 Å². The fourth-order valence-electron chi connectivity index (χ4n) is 1.93. The molecule has 0 N–H and O–H groups in total. The molecule has 3 heteroatoms. The number of ketones is 1. The van der Waals surface area contributed by atoms with Crippen LogP contribution in [0.3, 0.4) is 0 Å². The third-order valence-corrected chi connectivity index (χ3v) is 2.58. The molecule has 0 fully saturated rings. The molecule has 0 aromatic carbocycles. The largest absolute Gasteiger partial charge is 0.289 e. The molecule has 1 aliphatic rings. The van der Waals surface area contributed by atoms with Gasteiger partial charge in [-0.25, -0.2) is 9.97 Å². The molecule has 1 heterocycles. The standard InChI is InChI=1S/C13H14N2O/c1-9-7-13(2,3)8-10(11(9)16)12-14-5-4-6-15-12/h4-6,8H,1,7H2,2-3H3. The predicted octanol–water partition coefficient (Wildman–Crippen LogP) is 2.42. The second kappa shape index (κ2) is 3.67. The van der Waals surface area contributed by atoms with Gasteiger partial charge in [0.05, 0.1) is 5.57 Å². The van der Waals surface area contributed by atoms with Crippen LogP contribution in [0.25, 0.3) is 5.57 Å². The number of aromatic nitrogens is 2. The Morgan fingerprint density at radius 3 is 2.56 bits per heavy atom. The molecule has 1 aromatic heterocycles. The van der Waals surface area contributed by atoms with E-state index in [0.717, 1.165) is 0 Å². The molecule has 0 spiro atoms. The number of hydrogen-bond acceptors (Lipinski definition) is 3. The number of allylic oxidation sites excluding steroid dienone is 3. The Bertz CT molecular complexity index is 472. The van der Waals surface area contributed by atoms with E-state index < -0.39 is 0 Å². The molecule has 0 bridgehead atoms. The maximum absolute atomic E-state index is 12.0. The first-order chi connectivity index (χ1) is 7.49. The van der Waals surface area contributed by atoms with Gasteiger partial charge in [0.1, 0.15) is 0 Å². The van der Waals surface area contributed by atoms with Crippen LogP contribution in [0.5, 0.6) is 0 Å². The quantitative estimate of drug-likeness (QED) is 0.674. The minimum absolute atomic E-state index is 0.0366. The van der Waals surface area contributed by atoms with E-state index in [1.165, 1.54) is 0 Å². The van der Waals surface area contributed by atoms with Crippen LogP contribution in [0.2, 0.25) is 0 Å². The monoisotopic (exact) mass is 214 g/mol. The van der Waals surface area contributed by atoms with Crippen LogP contribution in [-0.4, -0.2) is 15.8 Å². The first-order valence-electron chi connectivity index (χ1n) is 5.22. The van der Waals surface area contributed by atoms with Gasteiger partial charge >= 0.3 is 0 Å². The predicted molar refractivity (Wildman–Crippen MR) is 62.6 cm³/mol. The van der Waals surface area contributed by atoms with Crippen molar-refractivity contribution in [3.05, 3.63) is 42.5 Å². The van der Waals surface area contributed by atoms with E-state index in [4.69, 9.17) is 0 Å². The molecule has 3 nitrogen and oxygen atoms in total. The first-order valence-corrected chi connectivity index (χ1v) is 5.22. The van der Waals surface area contributed by atoms with E-state index >= 15 is 0 Å². The van der Waals surface area contributed by atoms with Crippen molar-refractivity contribution in [2.75, 3.05) is 0 Å². The lowest BCUT2D eigenvalue weighted by molar-refractivity contribution is -0.111. The molecule has 2 rings (SSSR count). The maximum Gasteiger partial charge on any atom is 0.191 e. The van der Waals surface area contributed by atoms with Gasteiger partial charge in [0.25, 0.3) is 0 Å². The van der Waals surface area contributed by atoms with E-state index in [9.17, 15) is 4.79 Å². The van der Waals surface area contributed by atoms with Crippen LogP contribution in [0.15, 0.2) is 36.7 Å². The average molecular weight is 214 g/mol. The second-order valence-electron chi connectivity index (χ2n) is 4.73. The van der Waals surface area contributed by atoms with Gasteiger partial charge in [0.15, 0.2) is 11.6 Å². The summed E-state index contributed by atoms with van der Waals surface area (Å²) in [7, 11) is 0. The summed E-state index contributed by atoms with van der Waals surface area (Å²) < 4.78 is 0.